The molecule has 0 saturated heterocycles. The third kappa shape index (κ3) is 71.3. The Morgan fingerprint density at radius 1 is 0.360 bits per heavy atom. The van der Waals surface area contributed by atoms with Gasteiger partial charge in [0, 0.05) is 12.8 Å². The van der Waals surface area contributed by atoms with E-state index in [1.54, 1.807) is 0 Å². The van der Waals surface area contributed by atoms with Gasteiger partial charge in [0.2, 0.25) is 0 Å². The lowest BCUT2D eigenvalue weighted by Gasteiger charge is -2.28. The number of phosphoric ester groups is 1. The summed E-state index contributed by atoms with van der Waals surface area (Å²) < 4.78 is 34.4. The fourth-order valence-electron chi connectivity index (χ4n) is 11.3. The van der Waals surface area contributed by atoms with Crippen molar-refractivity contribution in [3.63, 3.8) is 0 Å². The second-order valence-electron chi connectivity index (χ2n) is 27.0. The first-order valence-electron chi connectivity index (χ1n) is 37.7. The molecule has 0 N–H and O–H groups in total. The number of rotatable bonds is 71. The van der Waals surface area contributed by atoms with E-state index in [1.807, 2.05) is 21.1 Å². The van der Waals surface area contributed by atoms with Gasteiger partial charge in [-0.15, -0.1) is 0 Å². The van der Waals surface area contributed by atoms with E-state index in [0.717, 1.165) is 38.5 Å². The quantitative estimate of drug-likeness (QED) is 0.0195. The number of unbranched alkanes of at least 4 members (excludes halogenated alkanes) is 51. The number of carbonyl (C=O) groups excluding carboxylic acids is 2. The fourth-order valence-corrected chi connectivity index (χ4v) is 12.1. The SMILES string of the molecule is CCCCCCC/C=C\C/C=C\CCCCCCCCCCCCCCCCCCCC(=O)OC(COC(=O)CCCCCCCCCCCCCCCCCCCCCCC/C=C\CCCCCCCCCC)COP(=O)([O-])OCC[N+](C)(C)C. The summed E-state index contributed by atoms with van der Waals surface area (Å²) in [6.45, 7) is 4.30. The maximum absolute atomic E-state index is 12.9. The van der Waals surface area contributed by atoms with Gasteiger partial charge in [0.05, 0.1) is 27.7 Å². The number of ether oxygens (including phenoxy) is 2. The van der Waals surface area contributed by atoms with Crippen LogP contribution in [0.5, 0.6) is 0 Å². The molecule has 0 rings (SSSR count). The molecule has 0 aromatic heterocycles. The van der Waals surface area contributed by atoms with E-state index in [2.05, 4.69) is 50.3 Å². The van der Waals surface area contributed by atoms with Gasteiger partial charge in [-0.05, 0) is 70.6 Å². The van der Waals surface area contributed by atoms with E-state index in [4.69, 9.17) is 18.5 Å². The molecule has 0 bridgehead atoms. The van der Waals surface area contributed by atoms with Crippen molar-refractivity contribution in [1.82, 2.24) is 0 Å². The Morgan fingerprint density at radius 2 is 0.628 bits per heavy atom. The lowest BCUT2D eigenvalue weighted by Crippen LogP contribution is -2.37. The number of esters is 2. The van der Waals surface area contributed by atoms with Crippen molar-refractivity contribution >= 4 is 19.8 Å². The summed E-state index contributed by atoms with van der Waals surface area (Å²) in [6, 6.07) is 0. The molecule has 0 aromatic carbocycles. The standard InChI is InChI=1S/C76H146NO8P/c1-6-8-10-12-14-16-18-20-22-24-26-28-30-32-34-36-37-38-39-41-42-44-46-48-50-52-54-56-58-60-62-64-66-68-75(78)82-72-74(73-84-86(80,81)83-71-70-77(3,4)5)85-76(79)69-67-65-63-61-59-57-55-53-51-49-47-45-43-40-35-33-31-29-27-25-23-21-19-17-15-13-11-9-7-2/h19,21,24-27,74H,6-18,20,22-23,28-73H2,1-5H3/b21-19-,26-24-,27-25-. The molecule has 0 amide bonds. The molecular weight excluding hydrogens is 1090 g/mol. The fraction of sp³-hybridized carbons (Fsp3) is 0.895. The minimum absolute atomic E-state index is 0.0278. The zero-order valence-corrected chi connectivity index (χ0v) is 58.9. The first-order valence-corrected chi connectivity index (χ1v) is 39.2. The molecule has 0 saturated carbocycles. The third-order valence-electron chi connectivity index (χ3n) is 17.1. The van der Waals surface area contributed by atoms with Gasteiger partial charge in [-0.3, -0.25) is 14.2 Å². The number of hydrogen-bond donors (Lipinski definition) is 0. The number of quaternary nitrogens is 1. The Balaban J connectivity index is 3.95. The van der Waals surface area contributed by atoms with Gasteiger partial charge < -0.3 is 27.9 Å². The van der Waals surface area contributed by atoms with Gasteiger partial charge in [0.25, 0.3) is 7.82 Å². The summed E-state index contributed by atoms with van der Waals surface area (Å²) in [6.07, 6.45) is 86.8. The van der Waals surface area contributed by atoms with Crippen LogP contribution in [0, 0.1) is 0 Å². The smallest absolute Gasteiger partial charge is 0.306 e. The molecule has 0 aromatic rings. The zero-order valence-electron chi connectivity index (χ0n) is 58.0. The van der Waals surface area contributed by atoms with Gasteiger partial charge in [-0.2, -0.15) is 0 Å². The third-order valence-corrected chi connectivity index (χ3v) is 18.1. The number of carbonyl (C=O) groups is 2. The lowest BCUT2D eigenvalue weighted by molar-refractivity contribution is -0.870. The van der Waals surface area contributed by atoms with Crippen molar-refractivity contribution in [2.24, 2.45) is 0 Å². The summed E-state index contributed by atoms with van der Waals surface area (Å²) in [7, 11) is 1.19. The Morgan fingerprint density at radius 3 is 0.930 bits per heavy atom. The number of phosphoric acid groups is 1. The molecule has 0 heterocycles. The molecule has 0 aliphatic heterocycles. The molecule has 0 fully saturated rings. The van der Waals surface area contributed by atoms with Crippen LogP contribution in [0.25, 0.3) is 0 Å². The highest BCUT2D eigenvalue weighted by Crippen LogP contribution is 2.38. The highest BCUT2D eigenvalue weighted by Gasteiger charge is 2.22. The van der Waals surface area contributed by atoms with Crippen molar-refractivity contribution in [3.8, 4) is 0 Å². The number of likely N-dealkylation sites (N-methyl/N-ethyl adjacent to an activating group) is 1. The average molecular weight is 1230 g/mol. The van der Waals surface area contributed by atoms with Crippen LogP contribution in [0.1, 0.15) is 386 Å². The van der Waals surface area contributed by atoms with Gasteiger partial charge >= 0.3 is 11.9 Å². The average Bonchev–Trinajstić information content (AvgIpc) is 3.67. The number of allylic oxidation sites excluding steroid dienone is 6. The Labute approximate surface area is 535 Å². The summed E-state index contributed by atoms with van der Waals surface area (Å²) in [4.78, 5) is 38.1. The Hall–Kier alpha value is -1.77. The maximum Gasteiger partial charge on any atom is 0.306 e. The van der Waals surface area contributed by atoms with Crippen LogP contribution in [-0.4, -0.2) is 70.0 Å². The maximum atomic E-state index is 12.9. The summed E-state index contributed by atoms with van der Waals surface area (Å²) in [5.41, 5.74) is 0. The first-order chi connectivity index (χ1) is 42.0. The molecule has 2 atom stereocenters. The predicted molar refractivity (Wildman–Crippen MR) is 370 cm³/mol. The van der Waals surface area contributed by atoms with E-state index in [-0.39, 0.29) is 32.0 Å². The minimum atomic E-state index is -4.64. The summed E-state index contributed by atoms with van der Waals surface area (Å²) in [5, 5.41) is 0. The monoisotopic (exact) mass is 1230 g/mol. The highest BCUT2D eigenvalue weighted by molar-refractivity contribution is 7.45. The largest absolute Gasteiger partial charge is 0.756 e. The van der Waals surface area contributed by atoms with Crippen molar-refractivity contribution in [2.75, 3.05) is 47.5 Å². The van der Waals surface area contributed by atoms with Crippen LogP contribution < -0.4 is 4.89 Å². The number of nitrogens with zero attached hydrogens (tertiary/aromatic N) is 1. The first kappa shape index (κ1) is 84.2. The van der Waals surface area contributed by atoms with Crippen molar-refractivity contribution in [1.29, 1.82) is 0 Å². The van der Waals surface area contributed by atoms with Gasteiger partial charge in [0.15, 0.2) is 6.10 Å². The topological polar surface area (TPSA) is 111 Å². The van der Waals surface area contributed by atoms with Crippen LogP contribution in [0.3, 0.4) is 0 Å². The van der Waals surface area contributed by atoms with E-state index in [1.165, 1.54) is 315 Å². The molecule has 9 nitrogen and oxygen atoms in total. The second kappa shape index (κ2) is 67.6. The molecule has 508 valence electrons. The van der Waals surface area contributed by atoms with Crippen molar-refractivity contribution in [3.05, 3.63) is 36.5 Å². The second-order valence-corrected chi connectivity index (χ2v) is 28.4. The number of hydrogen-bond acceptors (Lipinski definition) is 8. The molecule has 2 unspecified atom stereocenters. The van der Waals surface area contributed by atoms with Gasteiger partial charge in [0.1, 0.15) is 19.8 Å². The van der Waals surface area contributed by atoms with E-state index >= 15 is 0 Å². The van der Waals surface area contributed by atoms with E-state index < -0.39 is 26.5 Å². The van der Waals surface area contributed by atoms with Crippen molar-refractivity contribution in [2.45, 2.75) is 392 Å². The minimum Gasteiger partial charge on any atom is -0.756 e. The summed E-state index contributed by atoms with van der Waals surface area (Å²) >= 11 is 0. The van der Waals surface area contributed by atoms with Crippen LogP contribution in [-0.2, 0) is 32.7 Å². The molecule has 0 spiro atoms. The molecule has 86 heavy (non-hydrogen) atoms. The molecule has 0 aliphatic rings. The molecule has 0 aliphatic carbocycles. The molecule has 0 radical (unpaired) electrons. The van der Waals surface area contributed by atoms with Crippen LogP contribution in [0.4, 0.5) is 0 Å². The lowest BCUT2D eigenvalue weighted by atomic mass is 10.0. The predicted octanol–water partition coefficient (Wildman–Crippen LogP) is 24.0. The molecule has 10 heteroatoms. The van der Waals surface area contributed by atoms with Crippen molar-refractivity contribution < 1.29 is 42.1 Å². The zero-order chi connectivity index (χ0) is 62.6. The van der Waals surface area contributed by atoms with E-state index in [0.29, 0.717) is 17.4 Å². The van der Waals surface area contributed by atoms with Crippen LogP contribution in [0.15, 0.2) is 36.5 Å². The highest BCUT2D eigenvalue weighted by atomic mass is 31.2. The van der Waals surface area contributed by atoms with Crippen LogP contribution in [0.2, 0.25) is 0 Å². The van der Waals surface area contributed by atoms with E-state index in [9.17, 15) is 19.0 Å². The Kier molecular flexibility index (Phi) is 66.2. The van der Waals surface area contributed by atoms with Gasteiger partial charge in [-0.25, -0.2) is 0 Å². The Bertz CT molecular complexity index is 1540. The van der Waals surface area contributed by atoms with Gasteiger partial charge in [-0.1, -0.05) is 339 Å². The van der Waals surface area contributed by atoms with Crippen LogP contribution >= 0.6 is 7.82 Å². The molecular formula is C76H146NO8P. The normalized spacial score (nSPS) is 13.2. The summed E-state index contributed by atoms with van der Waals surface area (Å²) in [5.74, 6) is -0.810.